The van der Waals surface area contributed by atoms with E-state index in [1.165, 1.54) is 55.5 Å². The zero-order valence-electron chi connectivity index (χ0n) is 41.5. The zero-order valence-corrected chi connectivity index (χ0v) is 43.9. The number of hydrogen-bond acceptors (Lipinski definition) is 15. The van der Waals surface area contributed by atoms with Crippen LogP contribution in [0.3, 0.4) is 0 Å². The Labute approximate surface area is 447 Å². The zero-order chi connectivity index (χ0) is 55.0. The van der Waals surface area contributed by atoms with Crippen molar-refractivity contribution in [2.45, 2.75) is 107 Å². The van der Waals surface area contributed by atoms with Crippen LogP contribution in [0.2, 0.25) is 5.02 Å². The summed E-state index contributed by atoms with van der Waals surface area (Å²) in [4.78, 5) is 123. The number of rotatable bonds is 20. The monoisotopic (exact) mass is 1100 g/mol. The number of carbonyl (C=O) groups is 9. The fraction of sp³-hybridized carbons (Fsp3) is 0.449. The standard InChI is InChI=1S/C49H67ClN12O11S2/c1-27-42(66)61-39(47(71)59-37(41(52)65)23-29-10-16-32(63)17-11-29)25-74-75-26-40(62-43(67)34(51)22-28-8-14-31(50)15-9-28)48(72)60-38(24-30-12-18-33(64)19-13-30)46(70)58-36(7-5-21-55-49(53)73)45(69)57-35(44(68)56-27)6-3-4-20-54-2/h8-19,27,34-40,54,63-64H,3-7,20-26,51H2,1-2H3,(H2,52,65)(H,56,68)(H,57,69)(H,58,70)(H,59,71)(H,60,72)(H,61,66)(H,62,67)(H3,53,55,73)/t27-,34-,35-,36+,37?,38-,39-,40+/m0/s1. The molecule has 0 aromatic heterocycles. The van der Waals surface area contributed by atoms with Crippen LogP contribution in [0.25, 0.3) is 0 Å². The summed E-state index contributed by atoms with van der Waals surface area (Å²) < 4.78 is 0. The molecule has 23 nitrogen and oxygen atoms in total. The van der Waals surface area contributed by atoms with Crippen LogP contribution >= 0.6 is 33.2 Å². The third-order valence-electron chi connectivity index (χ3n) is 11.7. The highest BCUT2D eigenvalue weighted by atomic mass is 35.5. The van der Waals surface area contributed by atoms with Crippen molar-refractivity contribution < 1.29 is 53.4 Å². The largest absolute Gasteiger partial charge is 0.508 e. The van der Waals surface area contributed by atoms with Crippen molar-refractivity contribution in [2.24, 2.45) is 17.2 Å². The van der Waals surface area contributed by atoms with Crippen molar-refractivity contribution in [3.63, 3.8) is 0 Å². The van der Waals surface area contributed by atoms with Gasteiger partial charge in [-0.3, -0.25) is 38.4 Å². The summed E-state index contributed by atoms with van der Waals surface area (Å²) in [5, 5.41) is 44.3. The molecule has 0 spiro atoms. The lowest BCUT2D eigenvalue weighted by Crippen LogP contribution is -2.60. The van der Waals surface area contributed by atoms with Crippen LogP contribution in [0.15, 0.2) is 72.8 Å². The lowest BCUT2D eigenvalue weighted by Gasteiger charge is -2.28. The van der Waals surface area contributed by atoms with Gasteiger partial charge in [-0.1, -0.05) is 69.6 Å². The average molecular weight is 1100 g/mol. The molecule has 3 aromatic carbocycles. The van der Waals surface area contributed by atoms with Crippen LogP contribution in [0.1, 0.15) is 55.7 Å². The normalized spacial score (nSPS) is 21.1. The fourth-order valence-electron chi connectivity index (χ4n) is 7.48. The summed E-state index contributed by atoms with van der Waals surface area (Å²) in [6, 6.07) is 6.82. The minimum atomic E-state index is -1.43. The van der Waals surface area contributed by atoms with E-state index in [-0.39, 0.29) is 68.1 Å². The topological polar surface area (TPSA) is 380 Å². The SMILES string of the molecule is CNCCCC[C@@H]1NC(=O)[C@@H](CCCNC(N)=O)NC(=O)[C@H](Cc2ccc(O)cc2)NC(=O)[C@H](NC(=O)[C@@H](N)Cc2ccc(Cl)cc2)CSSC[C@@H](C(=O)NC(Cc2ccc(O)cc2)C(N)=O)NC(=O)[C@H](C)NC1=O. The molecule has 1 heterocycles. The predicted octanol–water partition coefficient (Wildman–Crippen LogP) is -0.762. The van der Waals surface area contributed by atoms with Gasteiger partial charge in [-0.05, 0) is 112 Å². The molecule has 0 aliphatic carbocycles. The Morgan fingerprint density at radius 3 is 1.80 bits per heavy atom. The Morgan fingerprint density at radius 2 is 1.20 bits per heavy atom. The number of nitrogens with one attached hydrogen (secondary N) is 9. The van der Waals surface area contributed by atoms with E-state index in [0.717, 1.165) is 21.6 Å². The fourth-order valence-corrected chi connectivity index (χ4v) is 9.94. The summed E-state index contributed by atoms with van der Waals surface area (Å²) in [5.41, 5.74) is 19.0. The second-order valence-corrected chi connectivity index (χ2v) is 20.8. The number of nitrogens with two attached hydrogens (primary N) is 3. The number of carbonyl (C=O) groups excluding carboxylic acids is 9. The van der Waals surface area contributed by atoms with Crippen molar-refractivity contribution in [3.8, 4) is 11.5 Å². The number of aromatic hydroxyl groups is 2. The van der Waals surface area contributed by atoms with Gasteiger partial charge in [0.15, 0.2) is 0 Å². The maximum absolute atomic E-state index is 14.5. The van der Waals surface area contributed by atoms with Crippen LogP contribution in [0.5, 0.6) is 11.5 Å². The summed E-state index contributed by atoms with van der Waals surface area (Å²) in [5.74, 6) is -7.13. The van der Waals surface area contributed by atoms with Crippen LogP contribution in [-0.4, -0.2) is 143 Å². The van der Waals surface area contributed by atoms with Gasteiger partial charge in [0.2, 0.25) is 47.3 Å². The van der Waals surface area contributed by atoms with Gasteiger partial charge in [0.05, 0.1) is 6.04 Å². The number of primary amides is 2. The second-order valence-electron chi connectivity index (χ2n) is 17.8. The molecule has 1 aliphatic rings. The molecule has 1 fully saturated rings. The summed E-state index contributed by atoms with van der Waals surface area (Å²) in [7, 11) is 3.76. The average Bonchev–Trinajstić information content (AvgIpc) is 3.36. The number of amides is 10. The van der Waals surface area contributed by atoms with Gasteiger partial charge < -0.3 is 75.3 Å². The Bertz CT molecular complexity index is 2430. The molecule has 3 aromatic rings. The highest BCUT2D eigenvalue weighted by molar-refractivity contribution is 8.76. The number of urea groups is 1. The highest BCUT2D eigenvalue weighted by Gasteiger charge is 2.34. The molecule has 75 heavy (non-hydrogen) atoms. The van der Waals surface area contributed by atoms with Gasteiger partial charge in [-0.25, -0.2) is 4.79 Å². The first-order valence-electron chi connectivity index (χ1n) is 24.1. The van der Waals surface area contributed by atoms with Crippen LogP contribution in [-0.2, 0) is 57.6 Å². The number of phenols is 2. The number of benzene rings is 3. The predicted molar refractivity (Wildman–Crippen MR) is 285 cm³/mol. The van der Waals surface area contributed by atoms with Gasteiger partial charge in [0.25, 0.3) is 0 Å². The maximum Gasteiger partial charge on any atom is 0.312 e. The molecule has 1 unspecified atom stereocenters. The van der Waals surface area contributed by atoms with Crippen LogP contribution in [0.4, 0.5) is 4.79 Å². The third kappa shape index (κ3) is 21.5. The third-order valence-corrected chi connectivity index (χ3v) is 14.4. The first-order valence-corrected chi connectivity index (χ1v) is 27.0. The maximum atomic E-state index is 14.5. The minimum absolute atomic E-state index is 0.00104. The Balaban J connectivity index is 1.75. The molecule has 10 amide bonds. The molecule has 408 valence electrons. The summed E-state index contributed by atoms with van der Waals surface area (Å²) in [6.45, 7) is 1.94. The van der Waals surface area contributed by atoms with Gasteiger partial charge in [0.1, 0.15) is 53.8 Å². The van der Waals surface area contributed by atoms with E-state index in [1.807, 2.05) is 0 Å². The number of unbranched alkanes of at least 4 members (excludes halogenated alkanes) is 1. The smallest absolute Gasteiger partial charge is 0.312 e. The molecule has 1 saturated heterocycles. The van der Waals surface area contributed by atoms with Gasteiger partial charge >= 0.3 is 6.03 Å². The summed E-state index contributed by atoms with van der Waals surface area (Å²) in [6.07, 6.45) is 0.895. The van der Waals surface area contributed by atoms with E-state index >= 15 is 0 Å². The molecule has 1 aliphatic heterocycles. The number of phenolic OH excluding ortho intramolecular Hbond substituents is 2. The van der Waals surface area contributed by atoms with Crippen molar-refractivity contribution >= 4 is 86.5 Å². The molecule has 0 saturated carbocycles. The lowest BCUT2D eigenvalue weighted by atomic mass is 10.0. The van der Waals surface area contributed by atoms with E-state index in [0.29, 0.717) is 41.1 Å². The van der Waals surface area contributed by atoms with E-state index in [1.54, 1.807) is 31.3 Å². The molecule has 0 bridgehead atoms. The van der Waals surface area contributed by atoms with Crippen molar-refractivity contribution in [1.29, 1.82) is 0 Å². The molecule has 0 radical (unpaired) electrons. The molecule has 4 rings (SSSR count). The number of hydrogen-bond donors (Lipinski definition) is 14. The Hall–Kier alpha value is -6.80. The highest BCUT2D eigenvalue weighted by Crippen LogP contribution is 2.24. The molecule has 17 N–H and O–H groups in total. The van der Waals surface area contributed by atoms with Crippen LogP contribution < -0.4 is 65.1 Å². The van der Waals surface area contributed by atoms with Gasteiger partial charge in [0, 0.05) is 35.9 Å². The molecular formula is C49H67ClN12O11S2. The van der Waals surface area contributed by atoms with E-state index < -0.39 is 102 Å². The minimum Gasteiger partial charge on any atom is -0.508 e. The first-order chi connectivity index (χ1) is 35.7. The van der Waals surface area contributed by atoms with Gasteiger partial charge in [-0.15, -0.1) is 0 Å². The second kappa shape index (κ2) is 31.2. The van der Waals surface area contributed by atoms with E-state index in [9.17, 15) is 53.4 Å². The molecule has 8 atom stereocenters. The Kier molecular flexibility index (Phi) is 25.2. The van der Waals surface area contributed by atoms with E-state index in [2.05, 4.69) is 47.9 Å². The lowest BCUT2D eigenvalue weighted by molar-refractivity contribution is -0.135. The first kappa shape index (κ1) is 60.8. The van der Waals surface area contributed by atoms with Crippen molar-refractivity contribution in [3.05, 3.63) is 94.5 Å². The van der Waals surface area contributed by atoms with Crippen LogP contribution in [0, 0.1) is 0 Å². The molecular weight excluding hydrogens is 1030 g/mol. The summed E-state index contributed by atoms with van der Waals surface area (Å²) >= 11 is 6.05. The quantitative estimate of drug-likeness (QED) is 0.0489. The van der Waals surface area contributed by atoms with Crippen molar-refractivity contribution in [1.82, 2.24) is 47.9 Å². The van der Waals surface area contributed by atoms with Gasteiger partial charge in [-0.2, -0.15) is 0 Å². The number of halogens is 1. The van der Waals surface area contributed by atoms with Crippen molar-refractivity contribution in [2.75, 3.05) is 31.6 Å². The van der Waals surface area contributed by atoms with E-state index in [4.69, 9.17) is 28.8 Å². The Morgan fingerprint density at radius 1 is 0.667 bits per heavy atom. The molecule has 26 heteroatoms.